The smallest absolute Gasteiger partial charge is 0.301 e. The molecule has 26 heavy (non-hydrogen) atoms. The van der Waals surface area contributed by atoms with Crippen molar-refractivity contribution >= 4 is 34.7 Å². The van der Waals surface area contributed by atoms with Crippen LogP contribution in [-0.4, -0.2) is 23.5 Å². The number of aliphatic hydroxyl groups excluding tert-OH is 1. The van der Waals surface area contributed by atoms with Crippen molar-refractivity contribution < 1.29 is 19.4 Å². The maximum Gasteiger partial charge on any atom is 0.301 e. The fourth-order valence-electron chi connectivity index (χ4n) is 2.58. The largest absolute Gasteiger partial charge is 0.502 e. The molecule has 0 unspecified atom stereocenters. The third-order valence-electron chi connectivity index (χ3n) is 3.87. The van der Waals surface area contributed by atoms with E-state index in [0.717, 1.165) is 4.90 Å². The predicted molar refractivity (Wildman–Crippen MR) is 100 cm³/mol. The predicted octanol–water partition coefficient (Wildman–Crippen LogP) is 4.22. The van der Waals surface area contributed by atoms with Crippen LogP contribution in [0.2, 0.25) is 5.02 Å². The van der Waals surface area contributed by atoms with Crippen molar-refractivity contribution in [1.82, 2.24) is 0 Å². The lowest BCUT2D eigenvalue weighted by Crippen LogP contribution is -2.31. The molecule has 5 nitrogen and oxygen atoms in total. The van der Waals surface area contributed by atoms with Crippen molar-refractivity contribution in [2.24, 2.45) is 5.92 Å². The van der Waals surface area contributed by atoms with Gasteiger partial charge in [0, 0.05) is 5.02 Å². The number of halogens is 1. The zero-order valence-corrected chi connectivity index (χ0v) is 15.2. The molecule has 0 atom stereocenters. The van der Waals surface area contributed by atoms with Gasteiger partial charge in [0.05, 0.1) is 17.9 Å². The number of hydrogen-bond donors (Lipinski definition) is 1. The molecule has 0 radical (unpaired) electrons. The number of rotatable bonds is 5. The first-order valence-corrected chi connectivity index (χ1v) is 8.57. The van der Waals surface area contributed by atoms with Gasteiger partial charge in [-0.25, -0.2) is 4.90 Å². The summed E-state index contributed by atoms with van der Waals surface area (Å²) >= 11 is 5.84. The second kappa shape index (κ2) is 7.22. The average molecular weight is 372 g/mol. The minimum Gasteiger partial charge on any atom is -0.502 e. The Hall–Kier alpha value is -2.79. The van der Waals surface area contributed by atoms with Crippen LogP contribution in [0, 0.1) is 5.92 Å². The minimum atomic E-state index is -0.757. The summed E-state index contributed by atoms with van der Waals surface area (Å²) in [6.07, 6.45) is 0. The Morgan fingerprint density at radius 1 is 1.00 bits per heavy atom. The first-order valence-electron chi connectivity index (χ1n) is 8.19. The van der Waals surface area contributed by atoms with Gasteiger partial charge >= 0.3 is 5.91 Å². The summed E-state index contributed by atoms with van der Waals surface area (Å²) in [7, 11) is 0. The van der Waals surface area contributed by atoms with Crippen LogP contribution in [0.1, 0.15) is 19.4 Å². The summed E-state index contributed by atoms with van der Waals surface area (Å²) in [6, 6.07) is 13.0. The van der Waals surface area contributed by atoms with Crippen LogP contribution in [0.3, 0.4) is 0 Å². The van der Waals surface area contributed by atoms with Gasteiger partial charge in [-0.15, -0.1) is 0 Å². The molecule has 1 aliphatic rings. The Kier molecular flexibility index (Phi) is 5.00. The van der Waals surface area contributed by atoms with Crippen LogP contribution in [0.5, 0.6) is 5.75 Å². The summed E-state index contributed by atoms with van der Waals surface area (Å²) in [4.78, 5) is 26.0. The molecule has 2 aromatic carbocycles. The number of aliphatic hydroxyl groups is 1. The zero-order chi connectivity index (χ0) is 18.8. The van der Waals surface area contributed by atoms with E-state index in [2.05, 4.69) is 0 Å². The molecule has 1 aliphatic heterocycles. The summed E-state index contributed by atoms with van der Waals surface area (Å²) in [5.74, 6) is -0.851. The van der Waals surface area contributed by atoms with E-state index < -0.39 is 17.6 Å². The van der Waals surface area contributed by atoms with E-state index in [4.69, 9.17) is 16.3 Å². The molecule has 1 heterocycles. The maximum atomic E-state index is 12.7. The van der Waals surface area contributed by atoms with Gasteiger partial charge in [0.25, 0.3) is 5.91 Å². The van der Waals surface area contributed by atoms with Gasteiger partial charge < -0.3 is 9.84 Å². The van der Waals surface area contributed by atoms with Crippen molar-refractivity contribution in [2.45, 2.75) is 13.8 Å². The Labute approximate surface area is 156 Å². The van der Waals surface area contributed by atoms with Crippen LogP contribution in [0.25, 0.3) is 5.57 Å². The Morgan fingerprint density at radius 2 is 1.62 bits per heavy atom. The number of hydrogen-bond acceptors (Lipinski definition) is 4. The molecule has 0 fully saturated rings. The first-order chi connectivity index (χ1) is 12.4. The highest BCUT2D eigenvalue weighted by Gasteiger charge is 2.40. The fraction of sp³-hybridized carbons (Fsp3) is 0.200. The summed E-state index contributed by atoms with van der Waals surface area (Å²) in [6.45, 7) is 4.67. The van der Waals surface area contributed by atoms with E-state index >= 15 is 0 Å². The molecule has 2 amide bonds. The zero-order valence-electron chi connectivity index (χ0n) is 14.4. The highest BCUT2D eigenvalue weighted by molar-refractivity contribution is 6.45. The summed E-state index contributed by atoms with van der Waals surface area (Å²) in [5.41, 5.74) is 0.775. The Balaban J connectivity index is 1.87. The maximum absolute atomic E-state index is 12.7. The SMILES string of the molecule is CC(C)COc1ccc(C2=C(O)C(=O)N(c3ccc(Cl)cc3)C2=O)cc1. The van der Waals surface area contributed by atoms with Crippen molar-refractivity contribution in [1.29, 1.82) is 0 Å². The van der Waals surface area contributed by atoms with E-state index in [1.165, 1.54) is 0 Å². The van der Waals surface area contributed by atoms with Gasteiger partial charge in [0.1, 0.15) is 5.75 Å². The third-order valence-corrected chi connectivity index (χ3v) is 4.12. The van der Waals surface area contributed by atoms with E-state index in [0.29, 0.717) is 34.5 Å². The fourth-order valence-corrected chi connectivity index (χ4v) is 2.71. The van der Waals surface area contributed by atoms with Gasteiger partial charge in [-0.3, -0.25) is 9.59 Å². The van der Waals surface area contributed by atoms with E-state index in [9.17, 15) is 14.7 Å². The van der Waals surface area contributed by atoms with Crippen LogP contribution in [0.4, 0.5) is 5.69 Å². The quantitative estimate of drug-likeness (QED) is 0.799. The van der Waals surface area contributed by atoms with Gasteiger partial charge in [-0.1, -0.05) is 37.6 Å². The van der Waals surface area contributed by atoms with Gasteiger partial charge in [0.2, 0.25) is 0 Å². The normalized spacial score (nSPS) is 14.5. The molecule has 2 aromatic rings. The number of benzene rings is 2. The second-order valence-corrected chi connectivity index (χ2v) is 6.81. The molecule has 1 N–H and O–H groups in total. The van der Waals surface area contributed by atoms with Gasteiger partial charge in [-0.05, 0) is 47.9 Å². The molecular formula is C20H18ClNO4. The topological polar surface area (TPSA) is 66.8 Å². The molecule has 134 valence electrons. The highest BCUT2D eigenvalue weighted by atomic mass is 35.5. The number of nitrogens with zero attached hydrogens (tertiary/aromatic N) is 1. The van der Waals surface area contributed by atoms with Crippen LogP contribution < -0.4 is 9.64 Å². The highest BCUT2D eigenvalue weighted by Crippen LogP contribution is 2.33. The first kappa shape index (κ1) is 18.0. The third kappa shape index (κ3) is 3.44. The number of imide groups is 1. The Morgan fingerprint density at radius 3 is 2.19 bits per heavy atom. The molecule has 6 heteroatoms. The number of amides is 2. The van der Waals surface area contributed by atoms with Gasteiger partial charge in [-0.2, -0.15) is 0 Å². The molecule has 0 spiro atoms. The van der Waals surface area contributed by atoms with Crippen molar-refractivity contribution in [2.75, 3.05) is 11.5 Å². The molecule has 0 saturated carbocycles. The average Bonchev–Trinajstić information content (AvgIpc) is 2.84. The molecular weight excluding hydrogens is 354 g/mol. The number of carbonyl (C=O) groups excluding carboxylic acids is 2. The molecule has 3 rings (SSSR count). The lowest BCUT2D eigenvalue weighted by molar-refractivity contribution is -0.121. The monoisotopic (exact) mass is 371 g/mol. The van der Waals surface area contributed by atoms with Crippen molar-refractivity contribution in [3.8, 4) is 5.75 Å². The lowest BCUT2D eigenvalue weighted by atomic mass is 10.1. The van der Waals surface area contributed by atoms with Gasteiger partial charge in [0.15, 0.2) is 5.76 Å². The number of carbonyl (C=O) groups is 2. The van der Waals surface area contributed by atoms with Crippen molar-refractivity contribution in [3.05, 3.63) is 64.9 Å². The molecule has 0 saturated heterocycles. The number of anilines is 1. The lowest BCUT2D eigenvalue weighted by Gasteiger charge is -2.14. The summed E-state index contributed by atoms with van der Waals surface area (Å²) in [5, 5.41) is 10.7. The van der Waals surface area contributed by atoms with Crippen LogP contribution >= 0.6 is 11.6 Å². The standard InChI is InChI=1S/C20H18ClNO4/c1-12(2)11-26-16-9-3-13(4-10-16)17-18(23)20(25)22(19(17)24)15-7-5-14(21)6-8-15/h3-10,12,23H,11H2,1-2H3. The van der Waals surface area contributed by atoms with Crippen LogP contribution in [-0.2, 0) is 9.59 Å². The summed E-state index contributed by atoms with van der Waals surface area (Å²) < 4.78 is 5.61. The molecule has 0 aromatic heterocycles. The van der Waals surface area contributed by atoms with E-state index in [1.54, 1.807) is 48.5 Å². The molecule has 0 aliphatic carbocycles. The van der Waals surface area contributed by atoms with Crippen molar-refractivity contribution in [3.63, 3.8) is 0 Å². The minimum absolute atomic E-state index is 0.0274. The van der Waals surface area contributed by atoms with Crippen LogP contribution in [0.15, 0.2) is 54.3 Å². The van der Waals surface area contributed by atoms with E-state index in [-0.39, 0.29) is 5.57 Å². The Bertz CT molecular complexity index is 870. The second-order valence-electron chi connectivity index (χ2n) is 6.37. The number of ether oxygens (including phenoxy) is 1. The molecule has 0 bridgehead atoms. The van der Waals surface area contributed by atoms with E-state index in [1.807, 2.05) is 13.8 Å².